The van der Waals surface area contributed by atoms with E-state index in [-0.39, 0.29) is 24.0 Å². The summed E-state index contributed by atoms with van der Waals surface area (Å²) in [6.45, 7) is 7.27. The van der Waals surface area contributed by atoms with E-state index in [1.54, 1.807) is 25.5 Å². The second kappa shape index (κ2) is 10.4. The van der Waals surface area contributed by atoms with Gasteiger partial charge in [-0.25, -0.2) is 4.98 Å². The number of aryl methyl sites for hydroxylation is 2. The molecule has 0 saturated heterocycles. The van der Waals surface area contributed by atoms with Crippen LogP contribution in [0.25, 0.3) is 0 Å². The van der Waals surface area contributed by atoms with Gasteiger partial charge in [0.2, 0.25) is 0 Å². The summed E-state index contributed by atoms with van der Waals surface area (Å²) < 4.78 is 10.9. The van der Waals surface area contributed by atoms with Crippen LogP contribution in [0.3, 0.4) is 0 Å². The molecule has 0 bridgehead atoms. The number of hydrogen-bond donors (Lipinski definition) is 2. The number of nitrogens with zero attached hydrogens (tertiary/aromatic N) is 2. The first-order chi connectivity index (χ1) is 11.6. The smallest absolute Gasteiger partial charge is 0.195 e. The maximum atomic E-state index is 5.53. The Bertz CT molecular complexity index is 699. The highest BCUT2D eigenvalue weighted by atomic mass is 127. The van der Waals surface area contributed by atoms with Gasteiger partial charge in [-0.2, -0.15) is 0 Å². The van der Waals surface area contributed by atoms with Crippen molar-refractivity contribution in [3.8, 4) is 11.5 Å². The lowest BCUT2D eigenvalue weighted by molar-refractivity contribution is 0.311. The van der Waals surface area contributed by atoms with Gasteiger partial charge in [0.15, 0.2) is 17.5 Å². The highest BCUT2D eigenvalue weighted by Gasteiger charge is 2.08. The van der Waals surface area contributed by atoms with E-state index in [9.17, 15) is 0 Å². The number of guanidine groups is 1. The number of ether oxygens (including phenoxy) is 2. The molecule has 0 aliphatic carbocycles. The molecule has 0 atom stereocenters. The zero-order chi connectivity index (χ0) is 17.5. The molecule has 0 aliphatic heterocycles. The molecule has 1 aromatic carbocycles. The molecule has 2 rings (SSSR count). The van der Waals surface area contributed by atoms with Crippen LogP contribution in [-0.4, -0.2) is 31.7 Å². The van der Waals surface area contributed by atoms with Gasteiger partial charge in [0, 0.05) is 23.7 Å². The Morgan fingerprint density at radius 2 is 2.04 bits per heavy atom. The summed E-state index contributed by atoms with van der Waals surface area (Å²) in [7, 11) is 3.36. The van der Waals surface area contributed by atoms with Crippen LogP contribution in [-0.2, 0) is 6.54 Å². The average molecular weight is 476 g/mol. The Balaban J connectivity index is 0.00000312. The molecule has 0 unspecified atom stereocenters. The summed E-state index contributed by atoms with van der Waals surface area (Å²) in [5.74, 6) is 2.08. The van der Waals surface area contributed by atoms with Crippen LogP contribution >= 0.6 is 35.3 Å². The minimum Gasteiger partial charge on any atom is -0.493 e. The first-order valence-corrected chi connectivity index (χ1v) is 8.60. The van der Waals surface area contributed by atoms with E-state index in [1.165, 1.54) is 4.88 Å². The first-order valence-electron chi connectivity index (χ1n) is 7.78. The zero-order valence-corrected chi connectivity index (χ0v) is 18.3. The van der Waals surface area contributed by atoms with Crippen molar-refractivity contribution in [3.05, 3.63) is 33.8 Å². The van der Waals surface area contributed by atoms with E-state index in [2.05, 4.69) is 27.5 Å². The molecule has 2 aromatic rings. The fourth-order valence-corrected chi connectivity index (χ4v) is 2.98. The SMILES string of the molecule is CCOc1ccc(NC(=NC)NCc2nc(C)c(C)s2)cc1OC.I. The van der Waals surface area contributed by atoms with Crippen molar-refractivity contribution in [1.29, 1.82) is 0 Å². The lowest BCUT2D eigenvalue weighted by Gasteiger charge is -2.14. The van der Waals surface area contributed by atoms with Crippen molar-refractivity contribution in [1.82, 2.24) is 10.3 Å². The predicted octanol–water partition coefficient (Wildman–Crippen LogP) is 3.97. The van der Waals surface area contributed by atoms with Gasteiger partial charge in [-0.3, -0.25) is 4.99 Å². The first kappa shape index (κ1) is 21.5. The third-order valence-electron chi connectivity index (χ3n) is 3.43. The van der Waals surface area contributed by atoms with Crippen molar-refractivity contribution in [2.45, 2.75) is 27.3 Å². The number of nitrogens with one attached hydrogen (secondary N) is 2. The van der Waals surface area contributed by atoms with E-state index in [1.807, 2.05) is 32.0 Å². The maximum absolute atomic E-state index is 5.53. The molecule has 1 aromatic heterocycles. The van der Waals surface area contributed by atoms with Gasteiger partial charge in [0.25, 0.3) is 0 Å². The molecule has 25 heavy (non-hydrogen) atoms. The molecule has 0 amide bonds. The number of thiazole rings is 1. The Kier molecular flexibility index (Phi) is 8.98. The molecule has 138 valence electrons. The minimum atomic E-state index is 0. The summed E-state index contributed by atoms with van der Waals surface area (Å²) in [4.78, 5) is 10.0. The van der Waals surface area contributed by atoms with E-state index >= 15 is 0 Å². The average Bonchev–Trinajstić information content (AvgIpc) is 2.91. The fourth-order valence-electron chi connectivity index (χ4n) is 2.11. The van der Waals surface area contributed by atoms with Crippen LogP contribution in [0.2, 0.25) is 0 Å². The van der Waals surface area contributed by atoms with Gasteiger partial charge in [0.1, 0.15) is 5.01 Å². The highest BCUT2D eigenvalue weighted by Crippen LogP contribution is 2.30. The van der Waals surface area contributed by atoms with E-state index in [0.717, 1.165) is 22.1 Å². The third-order valence-corrected chi connectivity index (χ3v) is 4.50. The molecule has 0 spiro atoms. The van der Waals surface area contributed by atoms with Gasteiger partial charge in [-0.05, 0) is 32.9 Å². The summed E-state index contributed by atoms with van der Waals surface area (Å²) in [6.07, 6.45) is 0. The van der Waals surface area contributed by atoms with Crippen LogP contribution in [0.5, 0.6) is 11.5 Å². The van der Waals surface area contributed by atoms with Gasteiger partial charge in [-0.1, -0.05) is 0 Å². The molecule has 8 heteroatoms. The second-order valence-electron chi connectivity index (χ2n) is 5.10. The van der Waals surface area contributed by atoms with Crippen LogP contribution in [0, 0.1) is 13.8 Å². The Morgan fingerprint density at radius 1 is 1.28 bits per heavy atom. The predicted molar refractivity (Wildman–Crippen MR) is 115 cm³/mol. The number of aromatic nitrogens is 1. The van der Waals surface area contributed by atoms with Crippen molar-refractivity contribution in [2.24, 2.45) is 4.99 Å². The van der Waals surface area contributed by atoms with Crippen molar-refractivity contribution in [3.63, 3.8) is 0 Å². The number of methoxy groups -OCH3 is 1. The standard InChI is InChI=1S/C17H24N4O2S.HI/c1-6-23-14-8-7-13(9-15(14)22-5)21-17(18-4)19-10-16-20-11(2)12(3)24-16;/h7-9H,6,10H2,1-5H3,(H2,18,19,21);1H. The Labute approximate surface area is 170 Å². The molecule has 0 aliphatic rings. The summed E-state index contributed by atoms with van der Waals surface area (Å²) in [5, 5.41) is 7.55. The number of aliphatic imine (C=N–C) groups is 1. The minimum absolute atomic E-state index is 0. The topological polar surface area (TPSA) is 67.8 Å². The van der Waals surface area contributed by atoms with Crippen molar-refractivity contribution in [2.75, 3.05) is 26.1 Å². The number of halogens is 1. The van der Waals surface area contributed by atoms with Crippen molar-refractivity contribution >= 4 is 47.0 Å². The van der Waals surface area contributed by atoms with Gasteiger partial charge < -0.3 is 20.1 Å². The Hall–Kier alpha value is -1.55. The summed E-state index contributed by atoms with van der Waals surface area (Å²) in [6, 6.07) is 5.69. The molecule has 0 fully saturated rings. The van der Waals surface area contributed by atoms with Gasteiger partial charge >= 0.3 is 0 Å². The van der Waals surface area contributed by atoms with Crippen LogP contribution in [0.15, 0.2) is 23.2 Å². The van der Waals surface area contributed by atoms with Crippen LogP contribution in [0.1, 0.15) is 22.5 Å². The molecule has 1 heterocycles. The van der Waals surface area contributed by atoms with Crippen LogP contribution < -0.4 is 20.1 Å². The monoisotopic (exact) mass is 476 g/mol. The summed E-state index contributed by atoms with van der Waals surface area (Å²) in [5.41, 5.74) is 1.95. The normalized spacial score (nSPS) is 10.8. The number of benzene rings is 1. The molecule has 2 N–H and O–H groups in total. The lowest BCUT2D eigenvalue weighted by atomic mass is 10.2. The van der Waals surface area contributed by atoms with E-state index in [0.29, 0.717) is 24.9 Å². The van der Waals surface area contributed by atoms with E-state index < -0.39 is 0 Å². The molecular formula is C17H25IN4O2S. The van der Waals surface area contributed by atoms with E-state index in [4.69, 9.17) is 9.47 Å². The maximum Gasteiger partial charge on any atom is 0.195 e. The number of rotatable bonds is 6. The summed E-state index contributed by atoms with van der Waals surface area (Å²) >= 11 is 1.69. The van der Waals surface area contributed by atoms with Crippen LogP contribution in [0.4, 0.5) is 5.69 Å². The third kappa shape index (κ3) is 6.03. The molecular weight excluding hydrogens is 451 g/mol. The van der Waals surface area contributed by atoms with Gasteiger partial charge in [-0.15, -0.1) is 35.3 Å². The molecule has 0 saturated carbocycles. The zero-order valence-electron chi connectivity index (χ0n) is 15.2. The lowest BCUT2D eigenvalue weighted by Crippen LogP contribution is -2.30. The van der Waals surface area contributed by atoms with Gasteiger partial charge in [0.05, 0.1) is 26.0 Å². The quantitative estimate of drug-likeness (QED) is 0.375. The largest absolute Gasteiger partial charge is 0.493 e. The molecule has 6 nitrogen and oxygen atoms in total. The number of anilines is 1. The molecule has 0 radical (unpaired) electrons. The number of hydrogen-bond acceptors (Lipinski definition) is 5. The Morgan fingerprint density at radius 3 is 2.60 bits per heavy atom. The van der Waals surface area contributed by atoms with Crippen molar-refractivity contribution < 1.29 is 9.47 Å². The highest BCUT2D eigenvalue weighted by molar-refractivity contribution is 14.0. The second-order valence-corrected chi connectivity index (χ2v) is 6.39. The fraction of sp³-hybridized carbons (Fsp3) is 0.412.